The molecule has 5 N–H and O–H groups in total. The molecule has 0 radical (unpaired) electrons. The molecule has 0 aromatic heterocycles. The number of phenols is 1. The molecule has 4 aliphatic carbocycles. The van der Waals surface area contributed by atoms with Crippen LogP contribution in [0, 0.1) is 34.5 Å². The SMILES string of the molecule is CC(C)C[C@@H](CCCCN)C(=O)Nc1ccc2c(c1)[C@@]1(C)CCC[C@](C)(C(=O)NC(=O)[C@@]3(C)CCC[C@]4(C)c5cc(O)ccc5CC[C@@H]34)[C@@H]1CC2. The van der Waals surface area contributed by atoms with E-state index in [0.29, 0.717) is 12.5 Å². The highest BCUT2D eigenvalue weighted by Gasteiger charge is 2.58. The zero-order chi connectivity index (χ0) is 36.8. The largest absolute Gasteiger partial charge is 0.508 e. The van der Waals surface area contributed by atoms with Crippen molar-refractivity contribution in [3.05, 3.63) is 58.7 Å². The van der Waals surface area contributed by atoms with Crippen molar-refractivity contribution in [3.8, 4) is 5.75 Å². The number of fused-ring (bicyclic) bond motifs is 6. The zero-order valence-electron chi connectivity index (χ0n) is 32.1. The summed E-state index contributed by atoms with van der Waals surface area (Å²) in [6.45, 7) is 13.7. The average molecular weight is 698 g/mol. The minimum Gasteiger partial charge on any atom is -0.508 e. The molecule has 7 nitrogen and oxygen atoms in total. The lowest BCUT2D eigenvalue weighted by atomic mass is 9.49. The molecule has 0 unspecified atom stereocenters. The van der Waals surface area contributed by atoms with Crippen LogP contribution in [0.3, 0.4) is 0 Å². The number of aryl methyl sites for hydroxylation is 2. The molecule has 0 bridgehead atoms. The second kappa shape index (κ2) is 14.3. The van der Waals surface area contributed by atoms with Crippen molar-refractivity contribution in [1.29, 1.82) is 0 Å². The molecule has 4 aliphatic rings. The van der Waals surface area contributed by atoms with Crippen LogP contribution in [0.2, 0.25) is 0 Å². The summed E-state index contributed by atoms with van der Waals surface area (Å²) < 4.78 is 0. The first-order valence-corrected chi connectivity index (χ1v) is 20.0. The smallest absolute Gasteiger partial charge is 0.232 e. The Morgan fingerprint density at radius 1 is 0.804 bits per heavy atom. The quantitative estimate of drug-likeness (QED) is 0.147. The van der Waals surface area contributed by atoms with Gasteiger partial charge in [-0.1, -0.05) is 72.9 Å². The molecule has 278 valence electrons. The van der Waals surface area contributed by atoms with Crippen LogP contribution in [0.15, 0.2) is 36.4 Å². The predicted molar refractivity (Wildman–Crippen MR) is 204 cm³/mol. The van der Waals surface area contributed by atoms with Crippen LogP contribution >= 0.6 is 0 Å². The highest BCUT2D eigenvalue weighted by molar-refractivity contribution is 6.01. The third-order valence-corrected chi connectivity index (χ3v) is 14.4. The second-order valence-electron chi connectivity index (χ2n) is 18.2. The number of nitrogens with two attached hydrogens (primary N) is 1. The Bertz CT molecular complexity index is 1650. The van der Waals surface area contributed by atoms with E-state index in [4.69, 9.17) is 5.73 Å². The molecule has 2 saturated carbocycles. The van der Waals surface area contributed by atoms with Gasteiger partial charge in [-0.05, 0) is 152 Å². The van der Waals surface area contributed by atoms with Gasteiger partial charge in [-0.3, -0.25) is 19.7 Å². The van der Waals surface area contributed by atoms with Gasteiger partial charge in [-0.2, -0.15) is 0 Å². The summed E-state index contributed by atoms with van der Waals surface area (Å²) in [5, 5.41) is 16.7. The summed E-state index contributed by atoms with van der Waals surface area (Å²) in [6.07, 6.45) is 12.4. The molecule has 2 aromatic carbocycles. The second-order valence-corrected chi connectivity index (χ2v) is 18.2. The fourth-order valence-corrected chi connectivity index (χ4v) is 11.6. The van der Waals surface area contributed by atoms with E-state index in [1.165, 1.54) is 16.7 Å². The van der Waals surface area contributed by atoms with Crippen molar-refractivity contribution in [3.63, 3.8) is 0 Å². The molecular weight excluding hydrogens is 635 g/mol. The summed E-state index contributed by atoms with van der Waals surface area (Å²) in [7, 11) is 0. The van der Waals surface area contributed by atoms with E-state index < -0.39 is 10.8 Å². The lowest BCUT2D eigenvalue weighted by Gasteiger charge is -2.56. The lowest BCUT2D eigenvalue weighted by Crippen LogP contribution is -2.60. The summed E-state index contributed by atoms with van der Waals surface area (Å²) in [6, 6.07) is 12.1. The molecular formula is C44H63N3O4. The fraction of sp³-hybridized carbons (Fsp3) is 0.659. The molecule has 2 fully saturated rings. The van der Waals surface area contributed by atoms with E-state index in [1.54, 1.807) is 6.07 Å². The molecule has 51 heavy (non-hydrogen) atoms. The Morgan fingerprint density at radius 3 is 1.90 bits per heavy atom. The number of rotatable bonds is 10. The highest BCUT2D eigenvalue weighted by Crippen LogP contribution is 2.59. The third-order valence-electron chi connectivity index (χ3n) is 14.4. The van der Waals surface area contributed by atoms with Crippen LogP contribution in [-0.2, 0) is 38.1 Å². The number of hydrogen-bond donors (Lipinski definition) is 4. The summed E-state index contributed by atoms with van der Waals surface area (Å²) in [5.74, 6) is 0.624. The van der Waals surface area contributed by atoms with Crippen LogP contribution in [0.5, 0.6) is 5.75 Å². The van der Waals surface area contributed by atoms with Gasteiger partial charge in [-0.15, -0.1) is 0 Å². The van der Waals surface area contributed by atoms with Gasteiger partial charge in [0.2, 0.25) is 17.7 Å². The van der Waals surface area contributed by atoms with Crippen LogP contribution in [0.1, 0.15) is 141 Å². The summed E-state index contributed by atoms with van der Waals surface area (Å²) >= 11 is 0. The van der Waals surface area contributed by atoms with Gasteiger partial charge in [0.1, 0.15) is 5.75 Å². The van der Waals surface area contributed by atoms with Crippen LogP contribution < -0.4 is 16.4 Å². The van der Waals surface area contributed by atoms with Gasteiger partial charge in [-0.25, -0.2) is 0 Å². The first kappa shape index (κ1) is 37.6. The number of amides is 3. The monoisotopic (exact) mass is 697 g/mol. The van der Waals surface area contributed by atoms with Crippen molar-refractivity contribution < 1.29 is 19.5 Å². The maximum Gasteiger partial charge on any atom is 0.232 e. The molecule has 0 spiro atoms. The minimum atomic E-state index is -0.690. The number of phenolic OH excluding ortho intramolecular Hbond substituents is 1. The Morgan fingerprint density at radius 2 is 1.35 bits per heavy atom. The molecule has 7 atom stereocenters. The van der Waals surface area contributed by atoms with Gasteiger partial charge >= 0.3 is 0 Å². The first-order valence-electron chi connectivity index (χ1n) is 20.0. The van der Waals surface area contributed by atoms with Gasteiger partial charge < -0.3 is 16.2 Å². The molecule has 2 aromatic rings. The molecule has 6 rings (SSSR count). The third kappa shape index (κ3) is 6.77. The Balaban J connectivity index is 1.21. The number of aromatic hydroxyl groups is 1. The number of hydrogen-bond acceptors (Lipinski definition) is 5. The Kier molecular flexibility index (Phi) is 10.6. The zero-order valence-corrected chi connectivity index (χ0v) is 32.1. The van der Waals surface area contributed by atoms with E-state index in [9.17, 15) is 19.5 Å². The number of carbonyl (C=O) groups excluding carboxylic acids is 3. The van der Waals surface area contributed by atoms with Crippen molar-refractivity contribution in [2.24, 2.45) is 40.2 Å². The van der Waals surface area contributed by atoms with E-state index in [2.05, 4.69) is 64.3 Å². The number of imide groups is 1. The van der Waals surface area contributed by atoms with Crippen molar-refractivity contribution >= 4 is 23.4 Å². The summed E-state index contributed by atoms with van der Waals surface area (Å²) in [4.78, 5) is 42.6. The maximum atomic E-state index is 14.6. The number of benzene rings is 2. The van der Waals surface area contributed by atoms with E-state index in [-0.39, 0.29) is 52.1 Å². The van der Waals surface area contributed by atoms with E-state index in [0.717, 1.165) is 101 Å². The Hall–Kier alpha value is -3.19. The molecule has 3 amide bonds. The fourth-order valence-electron chi connectivity index (χ4n) is 11.6. The first-order chi connectivity index (χ1) is 24.2. The van der Waals surface area contributed by atoms with Gasteiger partial charge in [0.15, 0.2) is 0 Å². The maximum absolute atomic E-state index is 14.6. The number of carbonyl (C=O) groups is 3. The van der Waals surface area contributed by atoms with E-state index in [1.807, 2.05) is 18.2 Å². The van der Waals surface area contributed by atoms with Crippen LogP contribution in [0.4, 0.5) is 5.69 Å². The average Bonchev–Trinajstić information content (AvgIpc) is 3.08. The van der Waals surface area contributed by atoms with Crippen molar-refractivity contribution in [2.45, 2.75) is 142 Å². The molecule has 0 saturated heterocycles. The topological polar surface area (TPSA) is 122 Å². The summed E-state index contributed by atoms with van der Waals surface area (Å²) in [5.41, 5.74) is 9.70. The molecule has 7 heteroatoms. The normalized spacial score (nSPS) is 31.8. The standard InChI is InChI=1S/C44H63N3O4/c1-28(2)25-31(11-7-8-24-45)38(49)46-32-16-12-29-14-18-36-41(3,34(29)26-32)20-9-22-43(36,5)39(50)47-40(51)44(6)23-10-21-42(4)35-27-33(48)17-13-30(35)15-19-37(42)44/h12-13,16-17,26-28,31,36-37,48H,7-11,14-15,18-25,45H2,1-6H3,(H,46,49)(H,47,50,51)/t31-,36-,37-,41-,42-,43+,44+/m1/s1. The lowest BCUT2D eigenvalue weighted by molar-refractivity contribution is -0.150. The van der Waals surface area contributed by atoms with E-state index >= 15 is 0 Å². The van der Waals surface area contributed by atoms with Crippen LogP contribution in [0.25, 0.3) is 0 Å². The van der Waals surface area contributed by atoms with Crippen molar-refractivity contribution in [2.75, 3.05) is 11.9 Å². The molecule has 0 heterocycles. The minimum absolute atomic E-state index is 0.0467. The van der Waals surface area contributed by atoms with Gasteiger partial charge in [0, 0.05) is 11.6 Å². The number of nitrogens with one attached hydrogen (secondary N) is 2. The Labute approximate surface area is 306 Å². The van der Waals surface area contributed by atoms with Crippen molar-refractivity contribution in [1.82, 2.24) is 5.32 Å². The molecule has 0 aliphatic heterocycles. The highest BCUT2D eigenvalue weighted by atomic mass is 16.3. The number of anilines is 1. The predicted octanol–water partition coefficient (Wildman–Crippen LogP) is 8.49. The number of unbranched alkanes of at least 4 members (excludes halogenated alkanes) is 1. The van der Waals surface area contributed by atoms with Gasteiger partial charge in [0.05, 0.1) is 10.8 Å². The van der Waals surface area contributed by atoms with Gasteiger partial charge in [0.25, 0.3) is 0 Å². The van der Waals surface area contributed by atoms with Crippen LogP contribution in [-0.4, -0.2) is 29.4 Å².